The van der Waals surface area contributed by atoms with E-state index < -0.39 is 0 Å². The molecule has 0 aliphatic heterocycles. The number of carbonyl (C=O) groups is 1. The molecule has 3 aromatic rings. The molecule has 3 rings (SSSR count). The highest BCUT2D eigenvalue weighted by Crippen LogP contribution is 2.33. The topological polar surface area (TPSA) is 55.1 Å². The largest absolute Gasteiger partial charge is 0.399 e. The van der Waals surface area contributed by atoms with Crippen molar-refractivity contribution in [1.29, 1.82) is 0 Å². The maximum Gasteiger partial charge on any atom is 0.221 e. The van der Waals surface area contributed by atoms with Gasteiger partial charge in [0.1, 0.15) is 0 Å². The van der Waals surface area contributed by atoms with Crippen LogP contribution in [-0.2, 0) is 4.79 Å². The van der Waals surface area contributed by atoms with Crippen molar-refractivity contribution in [3.63, 3.8) is 0 Å². The van der Waals surface area contributed by atoms with E-state index >= 15 is 0 Å². The van der Waals surface area contributed by atoms with Crippen molar-refractivity contribution in [3.8, 4) is 22.3 Å². The molecule has 3 heteroatoms. The molecule has 0 atom stereocenters. The smallest absolute Gasteiger partial charge is 0.221 e. The van der Waals surface area contributed by atoms with Gasteiger partial charge in [0.2, 0.25) is 5.91 Å². The number of carbonyl (C=O) groups excluding carboxylic acids is 1. The third-order valence-corrected chi connectivity index (χ3v) is 3.66. The van der Waals surface area contributed by atoms with Crippen molar-refractivity contribution >= 4 is 17.3 Å². The van der Waals surface area contributed by atoms with Gasteiger partial charge in [-0.3, -0.25) is 4.79 Å². The van der Waals surface area contributed by atoms with Gasteiger partial charge in [0.25, 0.3) is 0 Å². The van der Waals surface area contributed by atoms with Crippen LogP contribution in [0, 0.1) is 0 Å². The Labute approximate surface area is 135 Å². The fourth-order valence-corrected chi connectivity index (χ4v) is 2.55. The van der Waals surface area contributed by atoms with Gasteiger partial charge in [0.15, 0.2) is 0 Å². The summed E-state index contributed by atoms with van der Waals surface area (Å²) in [4.78, 5) is 11.5. The number of hydrogen-bond acceptors (Lipinski definition) is 2. The normalized spacial score (nSPS) is 10.3. The Morgan fingerprint density at radius 2 is 1.48 bits per heavy atom. The van der Waals surface area contributed by atoms with Gasteiger partial charge in [-0.25, -0.2) is 0 Å². The molecule has 3 nitrogen and oxygen atoms in total. The molecule has 0 saturated heterocycles. The van der Waals surface area contributed by atoms with Crippen molar-refractivity contribution in [3.05, 3.63) is 72.8 Å². The second-order valence-corrected chi connectivity index (χ2v) is 5.43. The summed E-state index contributed by atoms with van der Waals surface area (Å²) in [6.07, 6.45) is 0. The Balaban J connectivity index is 2.12. The molecule has 0 aliphatic carbocycles. The Hall–Kier alpha value is -3.07. The van der Waals surface area contributed by atoms with Gasteiger partial charge in [0, 0.05) is 23.9 Å². The molecule has 3 N–H and O–H groups in total. The summed E-state index contributed by atoms with van der Waals surface area (Å²) < 4.78 is 0. The van der Waals surface area contributed by atoms with Crippen LogP contribution in [-0.4, -0.2) is 5.91 Å². The van der Waals surface area contributed by atoms with Crippen LogP contribution in [0.15, 0.2) is 72.8 Å². The highest BCUT2D eigenvalue weighted by molar-refractivity contribution is 5.95. The lowest BCUT2D eigenvalue weighted by atomic mass is 9.97. The third-order valence-electron chi connectivity index (χ3n) is 3.66. The summed E-state index contributed by atoms with van der Waals surface area (Å²) in [6.45, 7) is 1.51. The van der Waals surface area contributed by atoms with Crippen molar-refractivity contribution < 1.29 is 4.79 Å². The van der Waals surface area contributed by atoms with Crippen molar-refractivity contribution in [2.24, 2.45) is 0 Å². The summed E-state index contributed by atoms with van der Waals surface area (Å²) in [5, 5.41) is 2.89. The first-order valence-corrected chi connectivity index (χ1v) is 7.46. The van der Waals surface area contributed by atoms with E-state index in [4.69, 9.17) is 5.73 Å². The fourth-order valence-electron chi connectivity index (χ4n) is 2.55. The lowest BCUT2D eigenvalue weighted by molar-refractivity contribution is -0.114. The van der Waals surface area contributed by atoms with E-state index in [-0.39, 0.29) is 5.91 Å². The number of anilines is 2. The van der Waals surface area contributed by atoms with Crippen molar-refractivity contribution in [2.75, 3.05) is 11.1 Å². The molecular weight excluding hydrogens is 284 g/mol. The Bertz CT molecular complexity index is 824. The molecule has 0 saturated carbocycles. The van der Waals surface area contributed by atoms with Crippen LogP contribution in [0.3, 0.4) is 0 Å². The summed E-state index contributed by atoms with van der Waals surface area (Å²) in [7, 11) is 0. The Kier molecular flexibility index (Phi) is 4.11. The quantitative estimate of drug-likeness (QED) is 0.697. The second kappa shape index (κ2) is 6.36. The van der Waals surface area contributed by atoms with E-state index in [1.807, 2.05) is 54.6 Å². The van der Waals surface area contributed by atoms with Crippen LogP contribution in [0.5, 0.6) is 0 Å². The van der Waals surface area contributed by atoms with Gasteiger partial charge in [-0.2, -0.15) is 0 Å². The van der Waals surface area contributed by atoms with Crippen molar-refractivity contribution in [1.82, 2.24) is 0 Å². The monoisotopic (exact) mass is 302 g/mol. The minimum absolute atomic E-state index is 0.0887. The van der Waals surface area contributed by atoms with Gasteiger partial charge >= 0.3 is 0 Å². The first kappa shape index (κ1) is 14.9. The van der Waals surface area contributed by atoms with E-state index in [0.717, 1.165) is 27.9 Å². The molecule has 0 fully saturated rings. The molecule has 0 spiro atoms. The SMILES string of the molecule is CC(=O)Nc1ccc(-c2ccccc2)cc1-c1ccc(N)cc1. The molecule has 0 bridgehead atoms. The highest BCUT2D eigenvalue weighted by Gasteiger charge is 2.09. The van der Waals surface area contributed by atoms with Gasteiger partial charge in [0.05, 0.1) is 0 Å². The second-order valence-electron chi connectivity index (χ2n) is 5.43. The number of hydrogen-bond donors (Lipinski definition) is 2. The van der Waals surface area contributed by atoms with Gasteiger partial charge < -0.3 is 11.1 Å². The molecular formula is C20H18N2O. The van der Waals surface area contributed by atoms with E-state index in [9.17, 15) is 4.79 Å². The third kappa shape index (κ3) is 3.40. The molecule has 0 radical (unpaired) electrons. The molecule has 0 aromatic heterocycles. The van der Waals surface area contributed by atoms with Crippen LogP contribution < -0.4 is 11.1 Å². The summed E-state index contributed by atoms with van der Waals surface area (Å²) in [5.74, 6) is -0.0887. The first-order chi connectivity index (χ1) is 11.1. The molecule has 114 valence electrons. The number of nitrogens with one attached hydrogen (secondary N) is 1. The van der Waals surface area contributed by atoms with Crippen LogP contribution in [0.25, 0.3) is 22.3 Å². The molecule has 23 heavy (non-hydrogen) atoms. The van der Waals surface area contributed by atoms with Crippen LogP contribution in [0.1, 0.15) is 6.92 Å². The zero-order chi connectivity index (χ0) is 16.2. The fraction of sp³-hybridized carbons (Fsp3) is 0.0500. The molecule has 0 aliphatic rings. The lowest BCUT2D eigenvalue weighted by Crippen LogP contribution is -2.07. The Morgan fingerprint density at radius 3 is 2.13 bits per heavy atom. The zero-order valence-corrected chi connectivity index (χ0v) is 12.9. The lowest BCUT2D eigenvalue weighted by Gasteiger charge is -2.13. The minimum Gasteiger partial charge on any atom is -0.399 e. The number of amides is 1. The standard InChI is InChI=1S/C20H18N2O/c1-14(23)22-20-12-9-17(15-5-3-2-4-6-15)13-19(20)16-7-10-18(21)11-8-16/h2-13H,21H2,1H3,(H,22,23). The molecule has 0 heterocycles. The highest BCUT2D eigenvalue weighted by atomic mass is 16.1. The van der Waals surface area contributed by atoms with E-state index in [1.54, 1.807) is 0 Å². The maximum atomic E-state index is 11.5. The van der Waals surface area contributed by atoms with E-state index in [2.05, 4.69) is 23.5 Å². The minimum atomic E-state index is -0.0887. The Morgan fingerprint density at radius 1 is 0.826 bits per heavy atom. The predicted octanol–water partition coefficient (Wildman–Crippen LogP) is 4.56. The average molecular weight is 302 g/mol. The summed E-state index contributed by atoms with van der Waals surface area (Å²) in [6, 6.07) is 23.9. The predicted molar refractivity (Wildman–Crippen MR) is 96.0 cm³/mol. The van der Waals surface area contributed by atoms with Crippen molar-refractivity contribution in [2.45, 2.75) is 6.92 Å². The van der Waals surface area contributed by atoms with Gasteiger partial charge in [-0.05, 0) is 41.0 Å². The van der Waals surface area contributed by atoms with E-state index in [0.29, 0.717) is 5.69 Å². The molecule has 0 unspecified atom stereocenters. The van der Waals surface area contributed by atoms with Crippen LogP contribution in [0.4, 0.5) is 11.4 Å². The number of benzene rings is 3. The zero-order valence-electron chi connectivity index (χ0n) is 12.9. The average Bonchev–Trinajstić information content (AvgIpc) is 2.56. The molecule has 1 amide bonds. The number of nitrogen functional groups attached to an aromatic ring is 1. The van der Waals surface area contributed by atoms with E-state index in [1.165, 1.54) is 6.92 Å². The molecule has 3 aromatic carbocycles. The van der Waals surface area contributed by atoms with Gasteiger partial charge in [-0.1, -0.05) is 48.5 Å². The van der Waals surface area contributed by atoms with Crippen LogP contribution in [0.2, 0.25) is 0 Å². The first-order valence-electron chi connectivity index (χ1n) is 7.46. The number of nitrogens with two attached hydrogens (primary N) is 1. The summed E-state index contributed by atoms with van der Waals surface area (Å²) in [5.41, 5.74) is 11.5. The maximum absolute atomic E-state index is 11.5. The van der Waals surface area contributed by atoms with Gasteiger partial charge in [-0.15, -0.1) is 0 Å². The summed E-state index contributed by atoms with van der Waals surface area (Å²) >= 11 is 0. The van der Waals surface area contributed by atoms with Crippen LogP contribution >= 0.6 is 0 Å². The number of rotatable bonds is 3.